The summed E-state index contributed by atoms with van der Waals surface area (Å²) in [5.41, 5.74) is 2.19. The number of hydrogen-bond acceptors (Lipinski definition) is 5. The van der Waals surface area contributed by atoms with Gasteiger partial charge in [-0.25, -0.2) is 12.8 Å². The average Bonchev–Trinajstić information content (AvgIpc) is 2.86. The number of ether oxygens (including phenoxy) is 1. The van der Waals surface area contributed by atoms with Gasteiger partial charge in [-0.15, -0.1) is 13.2 Å². The van der Waals surface area contributed by atoms with E-state index in [0.29, 0.717) is 19.4 Å². The van der Waals surface area contributed by atoms with Crippen molar-refractivity contribution in [2.75, 3.05) is 19.6 Å². The number of nitrogens with zero attached hydrogens (tertiary/aromatic N) is 2. The van der Waals surface area contributed by atoms with Crippen LogP contribution in [0, 0.1) is 5.82 Å². The Hall–Kier alpha value is -3.51. The number of piperidine rings is 1. The third kappa shape index (κ3) is 6.83. The second-order valence-corrected chi connectivity index (χ2v) is 10.4. The number of hydrogen-bond donors (Lipinski definition) is 1. The highest BCUT2D eigenvalue weighted by Crippen LogP contribution is 2.27. The van der Waals surface area contributed by atoms with Crippen molar-refractivity contribution in [3.05, 3.63) is 94.2 Å². The van der Waals surface area contributed by atoms with Crippen molar-refractivity contribution in [1.29, 1.82) is 0 Å². The Balaban J connectivity index is 1.44. The van der Waals surface area contributed by atoms with Crippen molar-refractivity contribution >= 4 is 15.7 Å². The molecule has 3 aromatic rings. The van der Waals surface area contributed by atoms with E-state index < -0.39 is 22.1 Å². The standard InChI is InChI=1S/C25H23F4N3O4S/c26-19-4-1-17(2-5-19)23(18-3-10-24(33)31-15-18)16-30-20-11-13-32(14-12-20)37(34,35)22-8-6-21(7-9-22)36-25(27,28)29/h1-10,15,23H,11-14,16H2,(H,31,33). The molecule has 1 saturated heterocycles. The number of aromatic nitrogens is 1. The van der Waals surface area contributed by atoms with E-state index in [2.05, 4.69) is 9.72 Å². The first-order valence-corrected chi connectivity index (χ1v) is 12.8. The molecule has 1 N–H and O–H groups in total. The van der Waals surface area contributed by atoms with Gasteiger partial charge in [0.05, 0.1) is 4.90 Å². The summed E-state index contributed by atoms with van der Waals surface area (Å²) in [7, 11) is -3.90. The van der Waals surface area contributed by atoms with Gasteiger partial charge >= 0.3 is 6.36 Å². The molecule has 1 fully saturated rings. The van der Waals surface area contributed by atoms with Gasteiger partial charge in [0.2, 0.25) is 15.6 Å². The second kappa shape index (κ2) is 10.9. The minimum atomic E-state index is -4.86. The van der Waals surface area contributed by atoms with Crippen LogP contribution in [0.1, 0.15) is 29.9 Å². The number of aliphatic imine (C=N–C) groups is 1. The largest absolute Gasteiger partial charge is 0.573 e. The van der Waals surface area contributed by atoms with Crippen LogP contribution in [0.25, 0.3) is 0 Å². The molecule has 7 nitrogen and oxygen atoms in total. The molecule has 2 heterocycles. The SMILES string of the molecule is O=c1ccc(C(CN=C2CCN(S(=O)(=O)c3ccc(OC(F)(F)F)cc3)CC2)c2ccc(F)cc2)c[nH]1. The Morgan fingerprint density at radius 2 is 1.57 bits per heavy atom. The lowest BCUT2D eigenvalue weighted by Crippen LogP contribution is -2.38. The maximum absolute atomic E-state index is 13.4. The molecule has 0 radical (unpaired) electrons. The minimum absolute atomic E-state index is 0.128. The smallest absolute Gasteiger partial charge is 0.406 e. The predicted molar refractivity (Wildman–Crippen MR) is 129 cm³/mol. The number of halogens is 4. The van der Waals surface area contributed by atoms with Gasteiger partial charge in [0.15, 0.2) is 0 Å². The molecular weight excluding hydrogens is 514 g/mol. The average molecular weight is 538 g/mol. The van der Waals surface area contributed by atoms with Gasteiger partial charge in [0.25, 0.3) is 0 Å². The molecule has 2 aromatic carbocycles. The molecule has 196 valence electrons. The molecule has 1 aliphatic rings. The summed E-state index contributed by atoms with van der Waals surface area (Å²) < 4.78 is 81.4. The Labute approximate surface area is 210 Å². The van der Waals surface area contributed by atoms with E-state index in [1.54, 1.807) is 24.4 Å². The maximum atomic E-state index is 13.4. The van der Waals surface area contributed by atoms with Gasteiger partial charge in [-0.1, -0.05) is 18.2 Å². The van der Waals surface area contributed by atoms with Crippen molar-refractivity contribution in [1.82, 2.24) is 9.29 Å². The monoisotopic (exact) mass is 537 g/mol. The van der Waals surface area contributed by atoms with Crippen molar-refractivity contribution in [2.24, 2.45) is 4.99 Å². The fourth-order valence-electron chi connectivity index (χ4n) is 4.06. The number of H-pyrrole nitrogens is 1. The van der Waals surface area contributed by atoms with Crippen LogP contribution in [0.2, 0.25) is 0 Å². The van der Waals surface area contributed by atoms with Crippen LogP contribution < -0.4 is 10.3 Å². The first kappa shape index (κ1) is 26.6. The fourth-order valence-corrected chi connectivity index (χ4v) is 5.50. The third-order valence-electron chi connectivity index (χ3n) is 5.98. The van der Waals surface area contributed by atoms with Gasteiger partial charge in [-0.3, -0.25) is 9.79 Å². The van der Waals surface area contributed by atoms with Crippen molar-refractivity contribution in [3.63, 3.8) is 0 Å². The van der Waals surface area contributed by atoms with E-state index in [9.17, 15) is 30.8 Å². The van der Waals surface area contributed by atoms with Gasteiger partial charge in [-0.2, -0.15) is 4.31 Å². The molecule has 1 atom stereocenters. The summed E-state index contributed by atoms with van der Waals surface area (Å²) in [5, 5.41) is 0. The van der Waals surface area contributed by atoms with Gasteiger partial charge in [0, 0.05) is 43.5 Å². The van der Waals surface area contributed by atoms with Gasteiger partial charge in [0.1, 0.15) is 11.6 Å². The van der Waals surface area contributed by atoms with Gasteiger partial charge in [-0.05, 0) is 60.4 Å². The summed E-state index contributed by atoms with van der Waals surface area (Å²) in [4.78, 5) is 18.7. The summed E-state index contributed by atoms with van der Waals surface area (Å²) in [6.07, 6.45) is -2.50. The number of benzene rings is 2. The summed E-state index contributed by atoms with van der Waals surface area (Å²) in [6, 6.07) is 13.2. The predicted octanol–water partition coefficient (Wildman–Crippen LogP) is 4.47. The number of rotatable bonds is 7. The molecule has 1 aliphatic heterocycles. The van der Waals surface area contributed by atoms with Crippen LogP contribution in [-0.4, -0.2) is 49.4 Å². The minimum Gasteiger partial charge on any atom is -0.406 e. The number of sulfonamides is 1. The second-order valence-electron chi connectivity index (χ2n) is 8.42. The zero-order valence-electron chi connectivity index (χ0n) is 19.4. The summed E-state index contributed by atoms with van der Waals surface area (Å²) in [5.74, 6) is -1.12. The Morgan fingerprint density at radius 1 is 0.946 bits per heavy atom. The molecule has 0 saturated carbocycles. The van der Waals surface area contributed by atoms with Crippen LogP contribution in [0.4, 0.5) is 17.6 Å². The quantitative estimate of drug-likeness (QED) is 0.451. The Kier molecular flexibility index (Phi) is 7.79. The number of pyridine rings is 1. The summed E-state index contributed by atoms with van der Waals surface area (Å²) in [6.45, 7) is 0.657. The first-order chi connectivity index (χ1) is 17.5. The van der Waals surface area contributed by atoms with E-state index in [1.807, 2.05) is 0 Å². The zero-order valence-corrected chi connectivity index (χ0v) is 20.2. The van der Waals surface area contributed by atoms with Crippen molar-refractivity contribution < 1.29 is 30.7 Å². The molecule has 0 aliphatic carbocycles. The van der Waals surface area contributed by atoms with E-state index in [1.165, 1.54) is 22.5 Å². The molecule has 0 bridgehead atoms. The van der Waals surface area contributed by atoms with Crippen LogP contribution in [0.5, 0.6) is 5.75 Å². The highest BCUT2D eigenvalue weighted by atomic mass is 32.2. The molecule has 4 rings (SSSR count). The number of nitrogens with one attached hydrogen (secondary N) is 1. The highest BCUT2D eigenvalue weighted by Gasteiger charge is 2.32. The van der Waals surface area contributed by atoms with Crippen molar-refractivity contribution in [2.45, 2.75) is 30.0 Å². The first-order valence-electron chi connectivity index (χ1n) is 11.3. The number of alkyl halides is 3. The zero-order chi connectivity index (χ0) is 26.6. The van der Waals surface area contributed by atoms with Crippen LogP contribution >= 0.6 is 0 Å². The van der Waals surface area contributed by atoms with E-state index >= 15 is 0 Å². The topological polar surface area (TPSA) is 91.8 Å². The maximum Gasteiger partial charge on any atom is 0.573 e. The van der Waals surface area contributed by atoms with Crippen molar-refractivity contribution in [3.8, 4) is 5.75 Å². The molecule has 0 amide bonds. The molecule has 0 spiro atoms. The molecule has 12 heteroatoms. The lowest BCUT2D eigenvalue weighted by atomic mass is 9.92. The lowest BCUT2D eigenvalue weighted by molar-refractivity contribution is -0.274. The van der Waals surface area contributed by atoms with Crippen LogP contribution in [0.15, 0.2) is 81.5 Å². The Morgan fingerprint density at radius 3 is 2.14 bits per heavy atom. The lowest BCUT2D eigenvalue weighted by Gasteiger charge is -2.27. The molecule has 37 heavy (non-hydrogen) atoms. The molecule has 1 unspecified atom stereocenters. The summed E-state index contributed by atoms with van der Waals surface area (Å²) >= 11 is 0. The third-order valence-corrected chi connectivity index (χ3v) is 7.89. The van der Waals surface area contributed by atoms with E-state index in [0.717, 1.165) is 41.1 Å². The van der Waals surface area contributed by atoms with Crippen LogP contribution in [0.3, 0.4) is 0 Å². The normalized spacial score (nSPS) is 15.8. The Bertz CT molecular complexity index is 1390. The highest BCUT2D eigenvalue weighted by molar-refractivity contribution is 7.89. The molecular formula is C25H23F4N3O4S. The molecule has 1 aromatic heterocycles. The fraction of sp³-hybridized carbons (Fsp3) is 0.280. The van der Waals surface area contributed by atoms with E-state index in [-0.39, 0.29) is 35.3 Å². The van der Waals surface area contributed by atoms with E-state index in [4.69, 9.17) is 4.99 Å². The number of aromatic amines is 1. The van der Waals surface area contributed by atoms with Crippen LogP contribution in [-0.2, 0) is 10.0 Å². The van der Waals surface area contributed by atoms with Gasteiger partial charge < -0.3 is 9.72 Å².